The molecule has 0 bridgehead atoms. The van der Waals surface area contributed by atoms with Gasteiger partial charge in [-0.3, -0.25) is 4.79 Å². The number of carbonyl (C=O) groups is 1. The van der Waals surface area contributed by atoms with Crippen molar-refractivity contribution in [3.05, 3.63) is 4.88 Å². The third kappa shape index (κ3) is 3.71. The van der Waals surface area contributed by atoms with Gasteiger partial charge in [0.05, 0.1) is 22.9 Å². The molecule has 0 aliphatic heterocycles. The first kappa shape index (κ1) is 16.9. The van der Waals surface area contributed by atoms with Crippen molar-refractivity contribution in [3.63, 3.8) is 0 Å². The highest BCUT2D eigenvalue weighted by Gasteiger charge is 2.27. The molecule has 0 atom stereocenters. The number of Topliss-reactive ketones (excluding diaryl/α,β-unsaturated/α-hetero) is 1. The lowest BCUT2D eigenvalue weighted by atomic mass is 10.3. The summed E-state index contributed by atoms with van der Waals surface area (Å²) < 4.78 is 29.4. The number of nitrogen functional groups attached to an aromatic ring is 1. The first-order chi connectivity index (χ1) is 9.35. The fraction of sp³-hybridized carbons (Fsp3) is 0.583. The van der Waals surface area contributed by atoms with Crippen LogP contribution in [0.1, 0.15) is 30.4 Å². The minimum atomic E-state index is -3.49. The van der Waals surface area contributed by atoms with Gasteiger partial charge in [0.25, 0.3) is 0 Å². The first-order valence-corrected chi connectivity index (χ1v) is 8.79. The van der Waals surface area contributed by atoms with Crippen LogP contribution in [0.2, 0.25) is 0 Å². The number of thiophene rings is 1. The SMILES string of the molecule is CCOCCNc1sc(C(C)=O)c(N)c1S(=O)(=O)CC. The topological polar surface area (TPSA) is 98.5 Å². The van der Waals surface area contributed by atoms with Crippen molar-refractivity contribution in [2.24, 2.45) is 0 Å². The van der Waals surface area contributed by atoms with Crippen LogP contribution < -0.4 is 11.1 Å². The number of ketones is 1. The van der Waals surface area contributed by atoms with E-state index in [0.29, 0.717) is 24.8 Å². The van der Waals surface area contributed by atoms with E-state index < -0.39 is 9.84 Å². The summed E-state index contributed by atoms with van der Waals surface area (Å²) in [5.74, 6) is -0.302. The van der Waals surface area contributed by atoms with Crippen molar-refractivity contribution < 1.29 is 17.9 Å². The van der Waals surface area contributed by atoms with E-state index in [4.69, 9.17) is 10.5 Å². The summed E-state index contributed by atoms with van der Waals surface area (Å²) in [5.41, 5.74) is 5.88. The van der Waals surface area contributed by atoms with Crippen molar-refractivity contribution in [2.45, 2.75) is 25.7 Å². The van der Waals surface area contributed by atoms with Gasteiger partial charge in [-0.25, -0.2) is 8.42 Å². The van der Waals surface area contributed by atoms with Gasteiger partial charge in [-0.1, -0.05) is 6.92 Å². The van der Waals surface area contributed by atoms with Gasteiger partial charge in [0.2, 0.25) is 0 Å². The number of nitrogens with one attached hydrogen (secondary N) is 1. The zero-order valence-corrected chi connectivity index (χ0v) is 13.5. The molecule has 0 saturated heterocycles. The normalized spacial score (nSPS) is 11.6. The number of sulfone groups is 1. The molecule has 1 aromatic heterocycles. The van der Waals surface area contributed by atoms with E-state index in [1.807, 2.05) is 6.92 Å². The monoisotopic (exact) mass is 320 g/mol. The van der Waals surface area contributed by atoms with Crippen LogP contribution in [0.3, 0.4) is 0 Å². The van der Waals surface area contributed by atoms with E-state index in [-0.39, 0.29) is 27.0 Å². The molecule has 0 fully saturated rings. The molecule has 1 rings (SSSR count). The molecule has 0 aliphatic carbocycles. The lowest BCUT2D eigenvalue weighted by molar-refractivity contribution is 0.102. The maximum Gasteiger partial charge on any atom is 0.183 e. The summed E-state index contributed by atoms with van der Waals surface area (Å²) in [6.45, 7) is 6.29. The molecule has 3 N–H and O–H groups in total. The van der Waals surface area contributed by atoms with Gasteiger partial charge in [0, 0.05) is 20.1 Å². The summed E-state index contributed by atoms with van der Waals surface area (Å²) in [6, 6.07) is 0. The summed E-state index contributed by atoms with van der Waals surface area (Å²) in [7, 11) is -3.49. The summed E-state index contributed by atoms with van der Waals surface area (Å²) >= 11 is 1.07. The van der Waals surface area contributed by atoms with Gasteiger partial charge >= 0.3 is 0 Å². The van der Waals surface area contributed by atoms with Crippen molar-refractivity contribution >= 4 is 37.6 Å². The number of rotatable bonds is 8. The fourth-order valence-electron chi connectivity index (χ4n) is 1.64. The van der Waals surface area contributed by atoms with E-state index in [0.717, 1.165) is 11.3 Å². The third-order valence-corrected chi connectivity index (χ3v) is 5.85. The van der Waals surface area contributed by atoms with Gasteiger partial charge in [0.1, 0.15) is 9.90 Å². The predicted octanol–water partition coefficient (Wildman–Crippen LogP) is 1.77. The Bertz CT molecular complexity index is 579. The quantitative estimate of drug-likeness (QED) is 0.559. The molecule has 0 amide bonds. The van der Waals surface area contributed by atoms with Crippen molar-refractivity contribution in [1.82, 2.24) is 0 Å². The van der Waals surface area contributed by atoms with Gasteiger partial charge in [-0.05, 0) is 6.92 Å². The lowest BCUT2D eigenvalue weighted by Crippen LogP contribution is -2.12. The summed E-state index contributed by atoms with van der Waals surface area (Å²) in [6.07, 6.45) is 0. The van der Waals surface area contributed by atoms with Crippen LogP contribution >= 0.6 is 11.3 Å². The third-order valence-electron chi connectivity index (χ3n) is 2.65. The summed E-state index contributed by atoms with van der Waals surface area (Å²) in [5, 5.41) is 3.40. The molecule has 0 aromatic carbocycles. The highest BCUT2D eigenvalue weighted by Crippen LogP contribution is 2.39. The van der Waals surface area contributed by atoms with E-state index >= 15 is 0 Å². The zero-order chi connectivity index (χ0) is 15.3. The zero-order valence-electron chi connectivity index (χ0n) is 11.9. The Labute approximate surface area is 123 Å². The van der Waals surface area contributed by atoms with Crippen molar-refractivity contribution in [3.8, 4) is 0 Å². The van der Waals surface area contributed by atoms with E-state index in [2.05, 4.69) is 5.32 Å². The molecule has 0 saturated carbocycles. The van der Waals surface area contributed by atoms with Crippen molar-refractivity contribution in [1.29, 1.82) is 0 Å². The number of hydrogen-bond acceptors (Lipinski definition) is 7. The Kier molecular flexibility index (Phi) is 5.97. The van der Waals surface area contributed by atoms with Crippen LogP contribution in [0.15, 0.2) is 4.90 Å². The molecule has 1 aromatic rings. The number of ether oxygens (including phenoxy) is 1. The molecule has 114 valence electrons. The molecule has 8 heteroatoms. The molecule has 0 unspecified atom stereocenters. The molecule has 20 heavy (non-hydrogen) atoms. The minimum Gasteiger partial charge on any atom is -0.396 e. The van der Waals surface area contributed by atoms with E-state index in [1.54, 1.807) is 6.92 Å². The predicted molar refractivity (Wildman–Crippen MR) is 81.4 cm³/mol. The van der Waals surface area contributed by atoms with Gasteiger partial charge in [0.15, 0.2) is 15.6 Å². The second-order valence-electron chi connectivity index (χ2n) is 4.09. The maximum absolute atomic E-state index is 12.1. The molecule has 1 heterocycles. The Morgan fingerprint density at radius 1 is 1.40 bits per heavy atom. The van der Waals surface area contributed by atoms with Gasteiger partial charge in [-0.15, -0.1) is 11.3 Å². The minimum absolute atomic E-state index is 0.0340. The van der Waals surface area contributed by atoms with Crippen LogP contribution in [-0.2, 0) is 14.6 Å². The average Bonchev–Trinajstić information content (AvgIpc) is 2.72. The fourth-order valence-corrected chi connectivity index (χ4v) is 4.23. The number of carbonyl (C=O) groups excluding carboxylic acids is 1. The number of nitrogens with two attached hydrogens (primary N) is 1. The van der Waals surface area contributed by atoms with Crippen LogP contribution in [0.5, 0.6) is 0 Å². The van der Waals surface area contributed by atoms with E-state index in [1.165, 1.54) is 6.92 Å². The molecular formula is C12H20N2O4S2. The molecule has 0 aliphatic rings. The van der Waals surface area contributed by atoms with Crippen LogP contribution in [0.25, 0.3) is 0 Å². The Hall–Kier alpha value is -1.12. The van der Waals surface area contributed by atoms with Crippen molar-refractivity contribution in [2.75, 3.05) is 36.6 Å². The second kappa shape index (κ2) is 7.05. The lowest BCUT2D eigenvalue weighted by Gasteiger charge is -2.08. The largest absolute Gasteiger partial charge is 0.396 e. The van der Waals surface area contributed by atoms with Gasteiger partial charge < -0.3 is 15.8 Å². The highest BCUT2D eigenvalue weighted by atomic mass is 32.2. The smallest absolute Gasteiger partial charge is 0.183 e. The number of anilines is 2. The highest BCUT2D eigenvalue weighted by molar-refractivity contribution is 7.91. The van der Waals surface area contributed by atoms with Crippen LogP contribution in [-0.4, -0.2) is 39.7 Å². The standard InChI is InChI=1S/C12H20N2O4S2/c1-4-18-7-6-14-12-11(20(16,17)5-2)9(13)10(19-12)8(3)15/h14H,4-7,13H2,1-3H3. The average molecular weight is 320 g/mol. The molecule has 0 spiro atoms. The first-order valence-electron chi connectivity index (χ1n) is 6.32. The molecule has 0 radical (unpaired) electrons. The summed E-state index contributed by atoms with van der Waals surface area (Å²) in [4.78, 5) is 11.8. The molecular weight excluding hydrogens is 300 g/mol. The Morgan fingerprint density at radius 3 is 2.55 bits per heavy atom. The van der Waals surface area contributed by atoms with E-state index in [9.17, 15) is 13.2 Å². The molecule has 6 nitrogen and oxygen atoms in total. The Balaban J connectivity index is 3.15. The Morgan fingerprint density at radius 2 is 2.05 bits per heavy atom. The number of hydrogen-bond donors (Lipinski definition) is 2. The van der Waals surface area contributed by atoms with Gasteiger partial charge in [-0.2, -0.15) is 0 Å². The maximum atomic E-state index is 12.1. The van der Waals surface area contributed by atoms with Crippen LogP contribution in [0.4, 0.5) is 10.7 Å². The second-order valence-corrected chi connectivity index (χ2v) is 7.32. The van der Waals surface area contributed by atoms with Crippen LogP contribution in [0, 0.1) is 0 Å².